The van der Waals surface area contributed by atoms with Crippen molar-refractivity contribution in [3.05, 3.63) is 29.8 Å². The third-order valence-electron chi connectivity index (χ3n) is 4.64. The van der Waals surface area contributed by atoms with Gasteiger partial charge in [-0.3, -0.25) is 9.59 Å². The Morgan fingerprint density at radius 2 is 1.96 bits per heavy atom. The Bertz CT molecular complexity index is 643. The number of carbonyl (C=O) groups is 2. The molecule has 1 saturated heterocycles. The van der Waals surface area contributed by atoms with Crippen molar-refractivity contribution >= 4 is 17.5 Å². The topological polar surface area (TPSA) is 60.9 Å². The molecule has 1 N–H and O–H groups in total. The number of aliphatic hydroxyl groups excluding tert-OH is 1. The molecule has 130 valence electrons. The van der Waals surface area contributed by atoms with E-state index < -0.39 is 23.7 Å². The zero-order valence-electron chi connectivity index (χ0n) is 13.4. The van der Waals surface area contributed by atoms with Gasteiger partial charge in [-0.25, -0.2) is 8.78 Å². The Morgan fingerprint density at radius 3 is 2.54 bits per heavy atom. The molecule has 7 heteroatoms. The molecule has 0 bridgehead atoms. The summed E-state index contributed by atoms with van der Waals surface area (Å²) in [6.07, 6.45) is 1.42. The number of hydrogen-bond donors (Lipinski definition) is 1. The maximum atomic E-state index is 13.3. The van der Waals surface area contributed by atoms with Gasteiger partial charge in [0.25, 0.3) is 0 Å². The highest BCUT2D eigenvalue weighted by Crippen LogP contribution is 2.33. The number of benzene rings is 1. The molecule has 2 fully saturated rings. The molecule has 1 aliphatic heterocycles. The largest absolute Gasteiger partial charge is 0.391 e. The van der Waals surface area contributed by atoms with Gasteiger partial charge in [0, 0.05) is 38.3 Å². The Balaban J connectivity index is 1.66. The van der Waals surface area contributed by atoms with Crippen LogP contribution in [0.3, 0.4) is 0 Å². The summed E-state index contributed by atoms with van der Waals surface area (Å²) in [5, 5.41) is 9.94. The summed E-state index contributed by atoms with van der Waals surface area (Å²) in [4.78, 5) is 27.3. The molecule has 0 radical (unpaired) electrons. The molecule has 2 amide bonds. The van der Waals surface area contributed by atoms with Crippen LogP contribution in [0, 0.1) is 23.5 Å². The lowest BCUT2D eigenvalue weighted by molar-refractivity contribution is -0.135. The Morgan fingerprint density at radius 1 is 1.33 bits per heavy atom. The van der Waals surface area contributed by atoms with Gasteiger partial charge in [-0.05, 0) is 30.9 Å². The van der Waals surface area contributed by atoms with Crippen LogP contribution in [0.4, 0.5) is 14.5 Å². The quantitative estimate of drug-likeness (QED) is 0.886. The number of aliphatic hydroxyl groups is 1. The minimum absolute atomic E-state index is 0.000823. The van der Waals surface area contributed by atoms with Gasteiger partial charge in [0.1, 0.15) is 11.6 Å². The van der Waals surface area contributed by atoms with E-state index in [0.717, 1.165) is 31.0 Å². The Hall–Kier alpha value is -2.02. The van der Waals surface area contributed by atoms with Crippen molar-refractivity contribution in [3.8, 4) is 0 Å². The molecule has 0 spiro atoms. The van der Waals surface area contributed by atoms with Gasteiger partial charge in [-0.2, -0.15) is 0 Å². The van der Waals surface area contributed by atoms with E-state index >= 15 is 0 Å². The third kappa shape index (κ3) is 3.56. The fourth-order valence-corrected chi connectivity index (χ4v) is 3.13. The molecule has 24 heavy (non-hydrogen) atoms. The number of carbonyl (C=O) groups excluding carboxylic acids is 2. The lowest BCUT2D eigenvalue weighted by Gasteiger charge is -2.24. The van der Waals surface area contributed by atoms with E-state index in [9.17, 15) is 23.5 Å². The van der Waals surface area contributed by atoms with Gasteiger partial charge in [-0.15, -0.1) is 0 Å². The highest BCUT2D eigenvalue weighted by molar-refractivity contribution is 6.00. The van der Waals surface area contributed by atoms with Crippen LogP contribution in [0.5, 0.6) is 0 Å². The number of amides is 2. The SMILES string of the molecule is CN(CC(O)C1CC1)C(=O)C1CC(=O)N(c2cc(F)cc(F)c2)C1. The van der Waals surface area contributed by atoms with Crippen molar-refractivity contribution in [2.24, 2.45) is 11.8 Å². The molecule has 1 aliphatic carbocycles. The summed E-state index contributed by atoms with van der Waals surface area (Å²) in [6, 6.07) is 2.89. The second-order valence-electron chi connectivity index (χ2n) is 6.66. The first kappa shape index (κ1) is 16.8. The fourth-order valence-electron chi connectivity index (χ4n) is 3.13. The lowest BCUT2D eigenvalue weighted by atomic mass is 10.1. The van der Waals surface area contributed by atoms with Crippen LogP contribution < -0.4 is 4.90 Å². The van der Waals surface area contributed by atoms with Gasteiger partial charge in [0.2, 0.25) is 11.8 Å². The zero-order chi connectivity index (χ0) is 17.4. The summed E-state index contributed by atoms with van der Waals surface area (Å²) in [6.45, 7) is 0.327. The summed E-state index contributed by atoms with van der Waals surface area (Å²) in [5.41, 5.74) is 0.119. The first-order valence-corrected chi connectivity index (χ1v) is 8.04. The van der Waals surface area contributed by atoms with Crippen molar-refractivity contribution in [2.45, 2.75) is 25.4 Å². The number of likely N-dealkylation sites (N-methyl/N-ethyl adjacent to an activating group) is 1. The van der Waals surface area contributed by atoms with Gasteiger partial charge in [-0.1, -0.05) is 0 Å². The van der Waals surface area contributed by atoms with Gasteiger partial charge in [0.15, 0.2) is 0 Å². The van der Waals surface area contributed by atoms with Crippen molar-refractivity contribution in [1.29, 1.82) is 0 Å². The standard InChI is InChI=1S/C17H20F2N2O3/c1-20(9-15(22)10-2-3-10)17(24)11-4-16(23)21(8-11)14-6-12(18)5-13(19)7-14/h5-7,10-11,15,22H,2-4,8-9H2,1H3. The molecule has 5 nitrogen and oxygen atoms in total. The normalized spacial score (nSPS) is 21.9. The van der Waals surface area contributed by atoms with Gasteiger partial charge >= 0.3 is 0 Å². The van der Waals surface area contributed by atoms with E-state index in [2.05, 4.69) is 0 Å². The second-order valence-corrected chi connectivity index (χ2v) is 6.66. The summed E-state index contributed by atoms with van der Waals surface area (Å²) in [7, 11) is 1.60. The van der Waals surface area contributed by atoms with E-state index in [-0.39, 0.29) is 42.9 Å². The first-order valence-electron chi connectivity index (χ1n) is 8.04. The van der Waals surface area contributed by atoms with Crippen molar-refractivity contribution in [1.82, 2.24) is 4.90 Å². The molecule has 2 aliphatic rings. The van der Waals surface area contributed by atoms with Crippen LogP contribution in [0.25, 0.3) is 0 Å². The first-order chi connectivity index (χ1) is 11.3. The predicted octanol–water partition coefficient (Wildman–Crippen LogP) is 1.55. The smallest absolute Gasteiger partial charge is 0.227 e. The molecular formula is C17H20F2N2O3. The Labute approximate surface area is 138 Å². The van der Waals surface area contributed by atoms with E-state index in [1.807, 2.05) is 0 Å². The monoisotopic (exact) mass is 338 g/mol. The summed E-state index contributed by atoms with van der Waals surface area (Å²) >= 11 is 0. The number of halogens is 2. The molecule has 2 unspecified atom stereocenters. The maximum absolute atomic E-state index is 13.3. The van der Waals surface area contributed by atoms with E-state index in [1.54, 1.807) is 7.05 Å². The van der Waals surface area contributed by atoms with Crippen molar-refractivity contribution < 1.29 is 23.5 Å². The lowest BCUT2D eigenvalue weighted by Crippen LogP contribution is -2.39. The van der Waals surface area contributed by atoms with Gasteiger partial charge in [0.05, 0.1) is 12.0 Å². The van der Waals surface area contributed by atoms with E-state index in [1.165, 1.54) is 9.80 Å². The van der Waals surface area contributed by atoms with E-state index in [0.29, 0.717) is 0 Å². The molecule has 0 aromatic heterocycles. The van der Waals surface area contributed by atoms with Crippen LogP contribution in [0.1, 0.15) is 19.3 Å². The average molecular weight is 338 g/mol. The number of rotatable bonds is 5. The summed E-state index contributed by atoms with van der Waals surface area (Å²) in [5.74, 6) is -2.41. The molecular weight excluding hydrogens is 318 g/mol. The minimum atomic E-state index is -0.766. The third-order valence-corrected chi connectivity index (χ3v) is 4.64. The zero-order valence-corrected chi connectivity index (χ0v) is 13.4. The Kier molecular flexibility index (Phi) is 4.54. The van der Waals surface area contributed by atoms with E-state index in [4.69, 9.17) is 0 Å². The second kappa shape index (κ2) is 6.47. The molecule has 3 rings (SSSR count). The van der Waals surface area contributed by atoms with Crippen LogP contribution >= 0.6 is 0 Å². The number of nitrogens with zero attached hydrogens (tertiary/aromatic N) is 2. The van der Waals surface area contributed by atoms with Crippen molar-refractivity contribution in [2.75, 3.05) is 25.0 Å². The molecule has 1 saturated carbocycles. The van der Waals surface area contributed by atoms with Crippen LogP contribution in [0.15, 0.2) is 18.2 Å². The highest BCUT2D eigenvalue weighted by atomic mass is 19.1. The predicted molar refractivity (Wildman–Crippen MR) is 83.2 cm³/mol. The fraction of sp³-hybridized carbons (Fsp3) is 0.529. The van der Waals surface area contributed by atoms with Crippen LogP contribution in [-0.2, 0) is 9.59 Å². The number of anilines is 1. The molecule has 1 aromatic rings. The average Bonchev–Trinajstić information content (AvgIpc) is 3.28. The summed E-state index contributed by atoms with van der Waals surface area (Å²) < 4.78 is 26.7. The maximum Gasteiger partial charge on any atom is 0.227 e. The van der Waals surface area contributed by atoms with Crippen LogP contribution in [0.2, 0.25) is 0 Å². The molecule has 1 heterocycles. The van der Waals surface area contributed by atoms with Gasteiger partial charge < -0.3 is 14.9 Å². The van der Waals surface area contributed by atoms with Crippen LogP contribution in [-0.4, -0.2) is 48.1 Å². The molecule has 2 atom stereocenters. The van der Waals surface area contributed by atoms with Crippen molar-refractivity contribution in [3.63, 3.8) is 0 Å². The minimum Gasteiger partial charge on any atom is -0.391 e. The molecule has 1 aromatic carbocycles. The number of hydrogen-bond acceptors (Lipinski definition) is 3. The highest BCUT2D eigenvalue weighted by Gasteiger charge is 2.38.